The molecule has 0 bridgehead atoms. The first-order chi connectivity index (χ1) is 9.36. The highest BCUT2D eigenvalue weighted by atomic mass is 16.6. The predicted octanol–water partition coefficient (Wildman–Crippen LogP) is 3.07. The molecule has 0 aliphatic heterocycles. The summed E-state index contributed by atoms with van der Waals surface area (Å²) in [4.78, 5) is 0. The minimum Gasteiger partial charge on any atom is -0.487 e. The molecule has 20 heavy (non-hydrogen) atoms. The molecule has 1 N–H and O–H groups in total. The first kappa shape index (κ1) is 15.3. The summed E-state index contributed by atoms with van der Waals surface area (Å²) in [7, 11) is 1.62. The number of methoxy groups -OCH3 is 1. The third kappa shape index (κ3) is 2.99. The van der Waals surface area contributed by atoms with Crippen molar-refractivity contribution in [1.29, 1.82) is 0 Å². The first-order valence-electron chi connectivity index (χ1n) is 7.37. The normalized spacial score (nSPS) is 26.2. The standard InChI is InChI=1S/C17H26O3/c1-6-11-7-8-14(12(9-11)17(2,3)4)20-15-10-13(18)16(15)19-5/h7-9,13,15-16,18H,6,10H2,1-5H3. The van der Waals surface area contributed by atoms with E-state index in [1.807, 2.05) is 0 Å². The van der Waals surface area contributed by atoms with Crippen molar-refractivity contribution >= 4 is 0 Å². The third-order valence-corrected chi connectivity index (χ3v) is 4.03. The highest BCUT2D eigenvalue weighted by Crippen LogP contribution is 2.36. The highest BCUT2D eigenvalue weighted by molar-refractivity contribution is 5.42. The van der Waals surface area contributed by atoms with E-state index in [0.29, 0.717) is 6.42 Å². The number of rotatable bonds is 4. The van der Waals surface area contributed by atoms with Crippen molar-refractivity contribution in [3.05, 3.63) is 29.3 Å². The van der Waals surface area contributed by atoms with Crippen molar-refractivity contribution in [3.63, 3.8) is 0 Å². The molecule has 2 rings (SSSR count). The van der Waals surface area contributed by atoms with Gasteiger partial charge in [-0.05, 0) is 29.0 Å². The molecular weight excluding hydrogens is 252 g/mol. The summed E-state index contributed by atoms with van der Waals surface area (Å²) < 4.78 is 11.4. The van der Waals surface area contributed by atoms with E-state index < -0.39 is 6.10 Å². The smallest absolute Gasteiger partial charge is 0.130 e. The maximum absolute atomic E-state index is 9.66. The van der Waals surface area contributed by atoms with E-state index in [2.05, 4.69) is 45.9 Å². The summed E-state index contributed by atoms with van der Waals surface area (Å²) in [5.74, 6) is 0.911. The molecule has 0 radical (unpaired) electrons. The van der Waals surface area contributed by atoms with Crippen LogP contribution in [0.4, 0.5) is 0 Å². The van der Waals surface area contributed by atoms with E-state index in [4.69, 9.17) is 9.47 Å². The SMILES string of the molecule is CCc1ccc(OC2CC(O)C2OC)c(C(C)(C)C)c1. The third-order valence-electron chi connectivity index (χ3n) is 4.03. The minimum absolute atomic E-state index is 0.0332. The Morgan fingerprint density at radius 2 is 2.00 bits per heavy atom. The summed E-state index contributed by atoms with van der Waals surface area (Å²) in [5.41, 5.74) is 2.57. The van der Waals surface area contributed by atoms with Crippen molar-refractivity contribution in [2.24, 2.45) is 0 Å². The van der Waals surface area contributed by atoms with Crippen LogP contribution in [0, 0.1) is 0 Å². The molecule has 1 aliphatic carbocycles. The van der Waals surface area contributed by atoms with Crippen molar-refractivity contribution in [3.8, 4) is 5.75 Å². The van der Waals surface area contributed by atoms with Gasteiger partial charge in [0.05, 0.1) is 6.10 Å². The van der Waals surface area contributed by atoms with Crippen LogP contribution in [-0.4, -0.2) is 30.5 Å². The van der Waals surface area contributed by atoms with Crippen LogP contribution in [0.1, 0.15) is 45.2 Å². The van der Waals surface area contributed by atoms with Gasteiger partial charge in [0, 0.05) is 13.5 Å². The topological polar surface area (TPSA) is 38.7 Å². The van der Waals surface area contributed by atoms with Gasteiger partial charge in [-0.2, -0.15) is 0 Å². The monoisotopic (exact) mass is 278 g/mol. The van der Waals surface area contributed by atoms with E-state index in [1.54, 1.807) is 7.11 Å². The zero-order valence-corrected chi connectivity index (χ0v) is 13.1. The molecule has 1 aromatic rings. The van der Waals surface area contributed by atoms with E-state index in [1.165, 1.54) is 11.1 Å². The van der Waals surface area contributed by atoms with Crippen LogP contribution in [0.2, 0.25) is 0 Å². The average Bonchev–Trinajstić information content (AvgIpc) is 2.37. The Morgan fingerprint density at radius 3 is 2.50 bits per heavy atom. The summed E-state index contributed by atoms with van der Waals surface area (Å²) in [6, 6.07) is 6.39. The van der Waals surface area contributed by atoms with Crippen molar-refractivity contribution in [2.45, 2.75) is 64.3 Å². The van der Waals surface area contributed by atoms with Crippen LogP contribution in [0.25, 0.3) is 0 Å². The number of ether oxygens (including phenoxy) is 2. The van der Waals surface area contributed by atoms with Gasteiger partial charge in [0.2, 0.25) is 0 Å². The molecule has 0 heterocycles. The van der Waals surface area contributed by atoms with E-state index in [0.717, 1.165) is 12.2 Å². The first-order valence-corrected chi connectivity index (χ1v) is 7.37. The Bertz CT molecular complexity index is 462. The van der Waals surface area contributed by atoms with Crippen LogP contribution in [-0.2, 0) is 16.6 Å². The van der Waals surface area contributed by atoms with Gasteiger partial charge < -0.3 is 14.6 Å². The molecule has 1 saturated carbocycles. The van der Waals surface area contributed by atoms with Gasteiger partial charge in [-0.1, -0.05) is 39.8 Å². The maximum atomic E-state index is 9.66. The Balaban J connectivity index is 2.23. The average molecular weight is 278 g/mol. The zero-order valence-electron chi connectivity index (χ0n) is 13.1. The largest absolute Gasteiger partial charge is 0.487 e. The predicted molar refractivity (Wildman–Crippen MR) is 80.4 cm³/mol. The van der Waals surface area contributed by atoms with Gasteiger partial charge in [0.1, 0.15) is 18.0 Å². The lowest BCUT2D eigenvalue weighted by molar-refractivity contribution is -0.149. The van der Waals surface area contributed by atoms with Gasteiger partial charge >= 0.3 is 0 Å². The maximum Gasteiger partial charge on any atom is 0.130 e. The summed E-state index contributed by atoms with van der Waals surface area (Å²) >= 11 is 0. The Morgan fingerprint density at radius 1 is 1.30 bits per heavy atom. The number of aliphatic hydroxyl groups excluding tert-OH is 1. The molecular formula is C17H26O3. The molecule has 3 nitrogen and oxygen atoms in total. The van der Waals surface area contributed by atoms with E-state index in [-0.39, 0.29) is 17.6 Å². The van der Waals surface area contributed by atoms with E-state index in [9.17, 15) is 5.11 Å². The molecule has 0 saturated heterocycles. The van der Waals surface area contributed by atoms with Crippen molar-refractivity contribution < 1.29 is 14.6 Å². The van der Waals surface area contributed by atoms with Gasteiger partial charge in [-0.15, -0.1) is 0 Å². The van der Waals surface area contributed by atoms with Crippen molar-refractivity contribution in [2.75, 3.05) is 7.11 Å². The van der Waals surface area contributed by atoms with E-state index >= 15 is 0 Å². The molecule has 112 valence electrons. The fraction of sp³-hybridized carbons (Fsp3) is 0.647. The Labute approximate surface area is 121 Å². The number of benzene rings is 1. The molecule has 1 aliphatic rings. The zero-order chi connectivity index (χ0) is 14.9. The summed E-state index contributed by atoms with van der Waals surface area (Å²) in [6.45, 7) is 8.74. The number of hydrogen-bond acceptors (Lipinski definition) is 3. The Kier molecular flexibility index (Phi) is 4.40. The fourth-order valence-electron chi connectivity index (χ4n) is 2.63. The van der Waals surface area contributed by atoms with Crippen LogP contribution in [0.3, 0.4) is 0 Å². The fourth-order valence-corrected chi connectivity index (χ4v) is 2.63. The lowest BCUT2D eigenvalue weighted by Gasteiger charge is -2.40. The van der Waals surface area contributed by atoms with Crippen LogP contribution < -0.4 is 4.74 Å². The molecule has 0 aromatic heterocycles. The second-order valence-corrected chi connectivity index (χ2v) is 6.59. The quantitative estimate of drug-likeness (QED) is 0.920. The lowest BCUT2D eigenvalue weighted by Crippen LogP contribution is -2.54. The molecule has 0 amide bonds. The molecule has 3 atom stereocenters. The summed E-state index contributed by atoms with van der Waals surface area (Å²) in [6.07, 6.45) is 0.985. The molecule has 3 heteroatoms. The highest BCUT2D eigenvalue weighted by Gasteiger charge is 2.42. The van der Waals surface area contributed by atoms with Gasteiger partial charge in [0.15, 0.2) is 0 Å². The molecule has 1 aromatic carbocycles. The molecule has 0 spiro atoms. The molecule has 1 fully saturated rings. The minimum atomic E-state index is -0.405. The number of aliphatic hydroxyl groups is 1. The number of aryl methyl sites for hydroxylation is 1. The Hall–Kier alpha value is -1.06. The van der Waals surface area contributed by atoms with Crippen LogP contribution in [0.15, 0.2) is 18.2 Å². The lowest BCUT2D eigenvalue weighted by atomic mass is 9.84. The van der Waals surface area contributed by atoms with Crippen molar-refractivity contribution in [1.82, 2.24) is 0 Å². The van der Waals surface area contributed by atoms with Gasteiger partial charge in [-0.25, -0.2) is 0 Å². The van der Waals surface area contributed by atoms with Gasteiger partial charge in [0.25, 0.3) is 0 Å². The molecule has 3 unspecified atom stereocenters. The van der Waals surface area contributed by atoms with Crippen LogP contribution >= 0.6 is 0 Å². The van der Waals surface area contributed by atoms with Gasteiger partial charge in [-0.3, -0.25) is 0 Å². The summed E-state index contributed by atoms with van der Waals surface area (Å²) in [5, 5.41) is 9.66. The second kappa shape index (κ2) is 5.74. The van der Waals surface area contributed by atoms with Crippen LogP contribution in [0.5, 0.6) is 5.75 Å². The number of hydrogen-bond donors (Lipinski definition) is 1. The second-order valence-electron chi connectivity index (χ2n) is 6.59.